The van der Waals surface area contributed by atoms with Crippen LogP contribution in [0.25, 0.3) is 0 Å². The molecule has 110 valence electrons. The van der Waals surface area contributed by atoms with E-state index < -0.39 is 0 Å². The monoisotopic (exact) mass is 287 g/mol. The fourth-order valence-electron chi connectivity index (χ4n) is 2.32. The molecule has 2 amide bonds. The van der Waals surface area contributed by atoms with Gasteiger partial charge in [0.15, 0.2) is 0 Å². The summed E-state index contributed by atoms with van der Waals surface area (Å²) in [4.78, 5) is 14.0. The fourth-order valence-corrected chi connectivity index (χ4v) is 2.32. The SMILES string of the molecule is CCOc1ccc(NC(=O)N2CCc3oncc3C2)cc1. The zero-order valence-electron chi connectivity index (χ0n) is 11.8. The molecular weight excluding hydrogens is 270 g/mol. The van der Waals surface area contributed by atoms with Crippen molar-refractivity contribution in [1.82, 2.24) is 10.1 Å². The first-order chi connectivity index (χ1) is 10.3. The summed E-state index contributed by atoms with van der Waals surface area (Å²) in [6.07, 6.45) is 2.37. The Morgan fingerprint density at radius 3 is 3.00 bits per heavy atom. The molecule has 0 aliphatic carbocycles. The van der Waals surface area contributed by atoms with Gasteiger partial charge in [0.1, 0.15) is 11.5 Å². The highest BCUT2D eigenvalue weighted by Crippen LogP contribution is 2.20. The Kier molecular flexibility index (Phi) is 3.77. The number of urea groups is 1. The topological polar surface area (TPSA) is 67.6 Å². The van der Waals surface area contributed by atoms with E-state index in [0.29, 0.717) is 26.1 Å². The molecule has 1 N–H and O–H groups in total. The minimum Gasteiger partial charge on any atom is -0.494 e. The third kappa shape index (κ3) is 2.99. The normalized spacial score (nSPS) is 13.7. The van der Waals surface area contributed by atoms with Gasteiger partial charge in [0, 0.05) is 24.2 Å². The molecule has 2 heterocycles. The van der Waals surface area contributed by atoms with Crippen LogP contribution in [0, 0.1) is 0 Å². The molecule has 0 unspecified atom stereocenters. The zero-order valence-corrected chi connectivity index (χ0v) is 11.8. The van der Waals surface area contributed by atoms with Crippen molar-refractivity contribution < 1.29 is 14.1 Å². The number of amides is 2. The van der Waals surface area contributed by atoms with Gasteiger partial charge in [-0.05, 0) is 31.2 Å². The van der Waals surface area contributed by atoms with Crippen LogP contribution < -0.4 is 10.1 Å². The van der Waals surface area contributed by atoms with E-state index in [1.54, 1.807) is 11.1 Å². The fraction of sp³-hybridized carbons (Fsp3) is 0.333. The van der Waals surface area contributed by atoms with Gasteiger partial charge in [-0.25, -0.2) is 4.79 Å². The number of carbonyl (C=O) groups excluding carboxylic acids is 1. The van der Waals surface area contributed by atoms with Crippen LogP contribution in [0.4, 0.5) is 10.5 Å². The van der Waals surface area contributed by atoms with E-state index in [4.69, 9.17) is 9.26 Å². The van der Waals surface area contributed by atoms with Gasteiger partial charge in [-0.1, -0.05) is 5.16 Å². The zero-order chi connectivity index (χ0) is 14.7. The number of rotatable bonds is 3. The molecule has 0 saturated carbocycles. The maximum atomic E-state index is 12.2. The molecule has 0 spiro atoms. The number of nitrogens with one attached hydrogen (secondary N) is 1. The number of ether oxygens (including phenoxy) is 1. The Bertz CT molecular complexity index is 621. The lowest BCUT2D eigenvalue weighted by Crippen LogP contribution is -2.38. The van der Waals surface area contributed by atoms with Gasteiger partial charge >= 0.3 is 6.03 Å². The van der Waals surface area contributed by atoms with Crippen LogP contribution in [0.15, 0.2) is 35.0 Å². The highest BCUT2D eigenvalue weighted by Gasteiger charge is 2.23. The largest absolute Gasteiger partial charge is 0.494 e. The molecule has 3 rings (SSSR count). The van der Waals surface area contributed by atoms with Crippen LogP contribution in [0.5, 0.6) is 5.75 Å². The van der Waals surface area contributed by atoms with Crippen molar-refractivity contribution in [3.05, 3.63) is 41.8 Å². The van der Waals surface area contributed by atoms with E-state index in [2.05, 4.69) is 10.5 Å². The molecule has 0 radical (unpaired) electrons. The van der Waals surface area contributed by atoms with Gasteiger partial charge in [0.2, 0.25) is 0 Å². The molecule has 1 aromatic carbocycles. The Morgan fingerprint density at radius 2 is 2.24 bits per heavy atom. The van der Waals surface area contributed by atoms with Gasteiger partial charge in [-0.2, -0.15) is 0 Å². The first-order valence-electron chi connectivity index (χ1n) is 6.97. The Balaban J connectivity index is 1.61. The number of benzene rings is 1. The van der Waals surface area contributed by atoms with Crippen LogP contribution in [0.1, 0.15) is 18.2 Å². The van der Waals surface area contributed by atoms with Crippen LogP contribution in [0.2, 0.25) is 0 Å². The summed E-state index contributed by atoms with van der Waals surface area (Å²) in [5.41, 5.74) is 1.72. The lowest BCUT2D eigenvalue weighted by Gasteiger charge is -2.25. The van der Waals surface area contributed by atoms with E-state index in [0.717, 1.165) is 22.8 Å². The lowest BCUT2D eigenvalue weighted by molar-refractivity contribution is 0.202. The predicted molar refractivity (Wildman–Crippen MR) is 77.2 cm³/mol. The van der Waals surface area contributed by atoms with Gasteiger partial charge in [-0.15, -0.1) is 0 Å². The van der Waals surface area contributed by atoms with Crippen molar-refractivity contribution in [2.45, 2.75) is 19.9 Å². The summed E-state index contributed by atoms with van der Waals surface area (Å²) in [5, 5.41) is 6.65. The maximum Gasteiger partial charge on any atom is 0.322 e. The highest BCUT2D eigenvalue weighted by molar-refractivity contribution is 5.89. The van der Waals surface area contributed by atoms with Crippen molar-refractivity contribution in [1.29, 1.82) is 0 Å². The molecule has 1 aromatic heterocycles. The van der Waals surface area contributed by atoms with E-state index in [9.17, 15) is 4.79 Å². The van der Waals surface area contributed by atoms with E-state index >= 15 is 0 Å². The van der Waals surface area contributed by atoms with Crippen molar-refractivity contribution in [2.75, 3.05) is 18.5 Å². The number of carbonyl (C=O) groups is 1. The van der Waals surface area contributed by atoms with Crippen LogP contribution in [-0.2, 0) is 13.0 Å². The third-order valence-corrected chi connectivity index (χ3v) is 3.40. The van der Waals surface area contributed by atoms with Gasteiger partial charge in [-0.3, -0.25) is 0 Å². The molecule has 1 aliphatic heterocycles. The molecule has 1 aliphatic rings. The van der Waals surface area contributed by atoms with E-state index in [-0.39, 0.29) is 6.03 Å². The molecule has 6 nitrogen and oxygen atoms in total. The summed E-state index contributed by atoms with van der Waals surface area (Å²) < 4.78 is 10.5. The Labute approximate surface area is 122 Å². The first kappa shape index (κ1) is 13.5. The third-order valence-electron chi connectivity index (χ3n) is 3.40. The molecule has 0 bridgehead atoms. The molecule has 0 saturated heterocycles. The quantitative estimate of drug-likeness (QED) is 0.942. The summed E-state index contributed by atoms with van der Waals surface area (Å²) in [5.74, 6) is 1.67. The summed E-state index contributed by atoms with van der Waals surface area (Å²) in [6, 6.07) is 7.22. The molecule has 21 heavy (non-hydrogen) atoms. The molecule has 0 atom stereocenters. The van der Waals surface area contributed by atoms with E-state index in [1.165, 1.54) is 0 Å². The Morgan fingerprint density at radius 1 is 1.43 bits per heavy atom. The highest BCUT2D eigenvalue weighted by atomic mass is 16.5. The number of hydrogen-bond donors (Lipinski definition) is 1. The number of hydrogen-bond acceptors (Lipinski definition) is 4. The minimum absolute atomic E-state index is 0.119. The molecular formula is C15H17N3O3. The summed E-state index contributed by atoms with van der Waals surface area (Å²) in [6.45, 7) is 3.72. The minimum atomic E-state index is -0.119. The second-order valence-electron chi connectivity index (χ2n) is 4.83. The standard InChI is InChI=1S/C15H17N3O3/c1-2-20-13-5-3-12(4-6-13)17-15(19)18-8-7-14-11(10-18)9-16-21-14/h3-6,9H,2,7-8,10H2,1H3,(H,17,19). The van der Waals surface area contributed by atoms with Crippen LogP contribution in [-0.4, -0.2) is 29.2 Å². The van der Waals surface area contributed by atoms with Gasteiger partial charge < -0.3 is 19.5 Å². The second kappa shape index (κ2) is 5.87. The number of aromatic nitrogens is 1. The molecule has 2 aromatic rings. The number of anilines is 1. The average molecular weight is 287 g/mol. The summed E-state index contributed by atoms with van der Waals surface area (Å²) >= 11 is 0. The predicted octanol–water partition coefficient (Wildman–Crippen LogP) is 2.66. The lowest BCUT2D eigenvalue weighted by atomic mass is 10.1. The molecule has 0 fully saturated rings. The van der Waals surface area contributed by atoms with Crippen molar-refractivity contribution >= 4 is 11.7 Å². The molecule has 6 heteroatoms. The van der Waals surface area contributed by atoms with Crippen molar-refractivity contribution in [2.24, 2.45) is 0 Å². The van der Waals surface area contributed by atoms with Crippen molar-refractivity contribution in [3.63, 3.8) is 0 Å². The number of fused-ring (bicyclic) bond motifs is 1. The van der Waals surface area contributed by atoms with Crippen LogP contribution in [0.3, 0.4) is 0 Å². The first-order valence-corrected chi connectivity index (χ1v) is 6.97. The second-order valence-corrected chi connectivity index (χ2v) is 4.83. The smallest absolute Gasteiger partial charge is 0.322 e. The average Bonchev–Trinajstić information content (AvgIpc) is 2.97. The maximum absolute atomic E-state index is 12.2. The Hall–Kier alpha value is -2.50. The van der Waals surface area contributed by atoms with E-state index in [1.807, 2.05) is 31.2 Å². The van der Waals surface area contributed by atoms with Crippen molar-refractivity contribution in [3.8, 4) is 5.75 Å². The number of nitrogens with zero attached hydrogens (tertiary/aromatic N) is 2. The van der Waals surface area contributed by atoms with Crippen LogP contribution >= 0.6 is 0 Å². The van der Waals surface area contributed by atoms with Gasteiger partial charge in [0.25, 0.3) is 0 Å². The summed E-state index contributed by atoms with van der Waals surface area (Å²) in [7, 11) is 0. The van der Waals surface area contributed by atoms with Gasteiger partial charge in [0.05, 0.1) is 19.3 Å².